The molecule has 0 unspecified atom stereocenters. The van der Waals surface area contributed by atoms with Crippen molar-refractivity contribution in [3.63, 3.8) is 0 Å². The van der Waals surface area contributed by atoms with E-state index < -0.39 is 11.8 Å². The lowest BCUT2D eigenvalue weighted by Gasteiger charge is -2.04. The first-order chi connectivity index (χ1) is 15.5. The second kappa shape index (κ2) is 7.69. The lowest BCUT2D eigenvalue weighted by atomic mass is 10.1. The molecule has 32 heavy (non-hydrogen) atoms. The number of methoxy groups -OCH3 is 1. The largest absolute Gasteiger partial charge is 0.469 e. The summed E-state index contributed by atoms with van der Waals surface area (Å²) in [6.07, 6.45) is -0.111. The molecule has 3 heterocycles. The zero-order valence-corrected chi connectivity index (χ0v) is 17.8. The Kier molecular flexibility index (Phi) is 4.82. The molecule has 0 aliphatic rings. The van der Waals surface area contributed by atoms with Gasteiger partial charge in [-0.25, -0.2) is 9.07 Å². The molecule has 0 bridgehead atoms. The van der Waals surface area contributed by atoms with E-state index in [4.69, 9.17) is 16.3 Å². The summed E-state index contributed by atoms with van der Waals surface area (Å²) in [5, 5.41) is 18.6. The number of carbonyl (C=O) groups excluding carboxylic acids is 1. The predicted molar refractivity (Wildman–Crippen MR) is 116 cm³/mol. The van der Waals surface area contributed by atoms with E-state index in [0.29, 0.717) is 33.2 Å². The van der Waals surface area contributed by atoms with Gasteiger partial charge in [0.1, 0.15) is 11.5 Å². The lowest BCUT2D eigenvalue weighted by molar-refractivity contribution is -0.139. The van der Waals surface area contributed by atoms with Crippen LogP contribution in [-0.2, 0) is 16.0 Å². The molecule has 0 saturated carbocycles. The molecule has 0 atom stereocenters. The molecule has 0 fully saturated rings. The first-order valence-electron chi connectivity index (χ1n) is 9.68. The predicted octanol–water partition coefficient (Wildman–Crippen LogP) is 3.95. The fourth-order valence-corrected chi connectivity index (χ4v) is 3.79. The van der Waals surface area contributed by atoms with E-state index in [9.17, 15) is 9.18 Å². The van der Waals surface area contributed by atoms with E-state index in [2.05, 4.69) is 20.4 Å². The Morgan fingerprint density at radius 2 is 1.91 bits per heavy atom. The molecule has 0 amide bonds. The summed E-state index contributed by atoms with van der Waals surface area (Å²) in [4.78, 5) is 11.9. The van der Waals surface area contributed by atoms with Gasteiger partial charge < -0.3 is 4.74 Å². The molecule has 8 nitrogen and oxygen atoms in total. The van der Waals surface area contributed by atoms with Crippen LogP contribution in [0, 0.1) is 12.7 Å². The number of halogens is 2. The molecule has 0 N–H and O–H groups in total. The third kappa shape index (κ3) is 3.27. The number of aromatic nitrogens is 6. The molecular weight excluding hydrogens is 435 g/mol. The monoisotopic (exact) mass is 450 g/mol. The van der Waals surface area contributed by atoms with Crippen LogP contribution in [0.3, 0.4) is 0 Å². The highest BCUT2D eigenvalue weighted by Gasteiger charge is 2.23. The number of esters is 1. The van der Waals surface area contributed by atoms with Gasteiger partial charge in [0.15, 0.2) is 16.8 Å². The molecule has 0 saturated heterocycles. The molecule has 10 heteroatoms. The SMILES string of the molecule is COC(=O)Cc1nn(-c2cccc(F)c2)c2c1nnc1c(-c3ccc(Cl)cc3)c(C)nn12. The van der Waals surface area contributed by atoms with Gasteiger partial charge in [0.05, 0.1) is 30.5 Å². The molecule has 160 valence electrons. The zero-order valence-electron chi connectivity index (χ0n) is 17.1. The Morgan fingerprint density at radius 3 is 2.62 bits per heavy atom. The maximum Gasteiger partial charge on any atom is 0.311 e. The van der Waals surface area contributed by atoms with Gasteiger partial charge in [0.2, 0.25) is 0 Å². The van der Waals surface area contributed by atoms with E-state index in [1.807, 2.05) is 19.1 Å². The molecular formula is C22H16ClFN6O2. The normalized spacial score (nSPS) is 11.4. The number of aryl methyl sites for hydroxylation is 1. The van der Waals surface area contributed by atoms with Crippen molar-refractivity contribution in [1.29, 1.82) is 0 Å². The Labute approximate surface area is 186 Å². The molecule has 5 aromatic rings. The van der Waals surface area contributed by atoms with Crippen molar-refractivity contribution in [3.8, 4) is 16.8 Å². The summed E-state index contributed by atoms with van der Waals surface area (Å²) in [6.45, 7) is 1.86. The molecule has 2 aromatic carbocycles. The minimum Gasteiger partial charge on any atom is -0.469 e. The molecule has 0 radical (unpaired) electrons. The van der Waals surface area contributed by atoms with Crippen LogP contribution in [0.15, 0.2) is 48.5 Å². The van der Waals surface area contributed by atoms with E-state index in [1.54, 1.807) is 28.8 Å². The van der Waals surface area contributed by atoms with Crippen molar-refractivity contribution in [1.82, 2.24) is 29.6 Å². The summed E-state index contributed by atoms with van der Waals surface area (Å²) in [5.41, 5.74) is 4.53. The Hall–Kier alpha value is -3.85. The number of benzene rings is 2. The van der Waals surface area contributed by atoms with Crippen LogP contribution in [0.4, 0.5) is 4.39 Å². The highest BCUT2D eigenvalue weighted by molar-refractivity contribution is 6.30. The Balaban J connectivity index is 1.83. The van der Waals surface area contributed by atoms with Crippen molar-refractivity contribution in [3.05, 3.63) is 70.8 Å². The molecule has 0 aliphatic carbocycles. The van der Waals surface area contributed by atoms with Crippen molar-refractivity contribution in [2.24, 2.45) is 0 Å². The summed E-state index contributed by atoms with van der Waals surface area (Å²) in [6, 6.07) is 13.3. The van der Waals surface area contributed by atoms with Crippen molar-refractivity contribution >= 4 is 34.4 Å². The van der Waals surface area contributed by atoms with Crippen LogP contribution in [0.1, 0.15) is 11.4 Å². The molecule has 3 aromatic heterocycles. The fourth-order valence-electron chi connectivity index (χ4n) is 3.66. The summed E-state index contributed by atoms with van der Waals surface area (Å²) in [7, 11) is 1.30. The topological polar surface area (TPSA) is 87.2 Å². The van der Waals surface area contributed by atoms with Crippen molar-refractivity contribution < 1.29 is 13.9 Å². The number of carbonyl (C=O) groups is 1. The maximum absolute atomic E-state index is 14.0. The summed E-state index contributed by atoms with van der Waals surface area (Å²) < 4.78 is 21.9. The minimum atomic E-state index is -0.476. The molecule has 0 aliphatic heterocycles. The number of hydrogen-bond donors (Lipinski definition) is 0. The first-order valence-corrected chi connectivity index (χ1v) is 10.1. The average Bonchev–Trinajstić information content (AvgIpc) is 3.31. The second-order valence-electron chi connectivity index (χ2n) is 7.17. The van der Waals surface area contributed by atoms with E-state index in [0.717, 1.165) is 16.8 Å². The van der Waals surface area contributed by atoms with Gasteiger partial charge in [-0.15, -0.1) is 10.2 Å². The number of hydrogen-bond acceptors (Lipinski definition) is 6. The van der Waals surface area contributed by atoms with Crippen LogP contribution in [0.5, 0.6) is 0 Å². The van der Waals surface area contributed by atoms with Gasteiger partial charge in [-0.2, -0.15) is 14.7 Å². The van der Waals surface area contributed by atoms with Crippen molar-refractivity contribution in [2.45, 2.75) is 13.3 Å². The van der Waals surface area contributed by atoms with E-state index >= 15 is 0 Å². The number of fused-ring (bicyclic) bond motifs is 3. The van der Waals surface area contributed by atoms with Gasteiger partial charge in [-0.3, -0.25) is 4.79 Å². The maximum atomic E-state index is 14.0. The van der Waals surface area contributed by atoms with Crippen LogP contribution < -0.4 is 0 Å². The van der Waals surface area contributed by atoms with Crippen LogP contribution >= 0.6 is 11.6 Å². The van der Waals surface area contributed by atoms with Gasteiger partial charge >= 0.3 is 5.97 Å². The number of nitrogens with zero attached hydrogens (tertiary/aromatic N) is 6. The fraction of sp³-hybridized carbons (Fsp3) is 0.136. The first kappa shape index (κ1) is 20.1. The minimum absolute atomic E-state index is 0.111. The van der Waals surface area contributed by atoms with Crippen LogP contribution in [-0.4, -0.2) is 42.7 Å². The third-order valence-corrected chi connectivity index (χ3v) is 5.36. The smallest absolute Gasteiger partial charge is 0.311 e. The van der Waals surface area contributed by atoms with Crippen LogP contribution in [0.25, 0.3) is 33.6 Å². The molecule has 0 spiro atoms. The van der Waals surface area contributed by atoms with Gasteiger partial charge in [-0.05, 0) is 42.8 Å². The molecule has 5 rings (SSSR count). The van der Waals surface area contributed by atoms with Gasteiger partial charge in [0, 0.05) is 5.02 Å². The third-order valence-electron chi connectivity index (χ3n) is 5.11. The van der Waals surface area contributed by atoms with Crippen LogP contribution in [0.2, 0.25) is 5.02 Å². The second-order valence-corrected chi connectivity index (χ2v) is 7.60. The van der Waals surface area contributed by atoms with E-state index in [1.165, 1.54) is 23.9 Å². The zero-order chi connectivity index (χ0) is 22.4. The highest BCUT2D eigenvalue weighted by atomic mass is 35.5. The van der Waals surface area contributed by atoms with E-state index in [-0.39, 0.29) is 6.42 Å². The Bertz CT molecular complexity index is 1490. The lowest BCUT2D eigenvalue weighted by Crippen LogP contribution is -2.06. The summed E-state index contributed by atoms with van der Waals surface area (Å²) in [5.74, 6) is -0.895. The summed E-state index contributed by atoms with van der Waals surface area (Å²) >= 11 is 6.04. The standard InChI is InChI=1S/C22H16ClFN6O2/c1-12-19(13-6-8-14(23)9-7-13)21-26-25-20-17(11-18(31)32-2)28-29(22(20)30(21)27-12)16-5-3-4-15(24)10-16/h3-10H,11H2,1-2H3. The average molecular weight is 451 g/mol. The van der Waals surface area contributed by atoms with Gasteiger partial charge in [0.25, 0.3) is 0 Å². The Morgan fingerprint density at radius 1 is 1.12 bits per heavy atom. The number of ether oxygens (including phenoxy) is 1. The van der Waals surface area contributed by atoms with Crippen molar-refractivity contribution in [2.75, 3.05) is 7.11 Å². The number of rotatable bonds is 4. The highest BCUT2D eigenvalue weighted by Crippen LogP contribution is 2.30. The van der Waals surface area contributed by atoms with Gasteiger partial charge in [-0.1, -0.05) is 29.8 Å². The quantitative estimate of drug-likeness (QED) is 0.385.